The van der Waals surface area contributed by atoms with Crippen molar-refractivity contribution in [1.82, 2.24) is 24.6 Å². The molecule has 0 bridgehead atoms. The summed E-state index contributed by atoms with van der Waals surface area (Å²) in [5.74, 6) is 1.63. The molecule has 4 heterocycles. The predicted molar refractivity (Wildman–Crippen MR) is 97.2 cm³/mol. The van der Waals surface area contributed by atoms with E-state index in [2.05, 4.69) is 46.1 Å². The fraction of sp³-hybridized carbons (Fsp3) is 0.529. The Hall–Kier alpha value is -2.06. The molecular weight excluding hydrogens is 336 g/mol. The minimum Gasteiger partial charge on any atom is -0.367 e. The standard InChI is InChI=1S/C17H22N6OS/c1-11-7-14(23-16(20-11)18-10-19-23)22-5-6-24-12(8-22)15-21-13(9-25-15)17(2,3)4/h7,9-10,12H,5-6,8H2,1-4H3. The van der Waals surface area contributed by atoms with Gasteiger partial charge in [0, 0.05) is 29.1 Å². The van der Waals surface area contributed by atoms with Gasteiger partial charge in [0.05, 0.1) is 18.8 Å². The van der Waals surface area contributed by atoms with Crippen LogP contribution in [0.1, 0.15) is 43.3 Å². The summed E-state index contributed by atoms with van der Waals surface area (Å²) in [5, 5.41) is 7.50. The first-order valence-corrected chi connectivity index (χ1v) is 9.29. The Kier molecular flexibility index (Phi) is 3.96. The van der Waals surface area contributed by atoms with E-state index in [4.69, 9.17) is 9.72 Å². The predicted octanol–water partition coefficient (Wildman–Crippen LogP) is 2.76. The maximum Gasteiger partial charge on any atom is 0.254 e. The van der Waals surface area contributed by atoms with Gasteiger partial charge in [-0.3, -0.25) is 0 Å². The van der Waals surface area contributed by atoms with Crippen molar-refractivity contribution in [1.29, 1.82) is 0 Å². The number of fused-ring (bicyclic) bond motifs is 1. The van der Waals surface area contributed by atoms with E-state index in [1.807, 2.05) is 13.0 Å². The van der Waals surface area contributed by atoms with Crippen molar-refractivity contribution in [3.63, 3.8) is 0 Å². The summed E-state index contributed by atoms with van der Waals surface area (Å²) in [6.45, 7) is 10.7. The van der Waals surface area contributed by atoms with Crippen molar-refractivity contribution in [3.05, 3.63) is 34.2 Å². The molecule has 8 heteroatoms. The Morgan fingerprint density at radius 2 is 2.12 bits per heavy atom. The molecule has 0 radical (unpaired) electrons. The molecule has 1 unspecified atom stereocenters. The summed E-state index contributed by atoms with van der Waals surface area (Å²) in [6.07, 6.45) is 1.52. The van der Waals surface area contributed by atoms with Crippen molar-refractivity contribution in [2.24, 2.45) is 0 Å². The topological polar surface area (TPSA) is 68.4 Å². The largest absolute Gasteiger partial charge is 0.367 e. The first kappa shape index (κ1) is 16.4. The van der Waals surface area contributed by atoms with E-state index in [0.717, 1.165) is 35.3 Å². The lowest BCUT2D eigenvalue weighted by Crippen LogP contribution is -2.39. The molecule has 3 aromatic heterocycles. The van der Waals surface area contributed by atoms with Crippen LogP contribution >= 0.6 is 11.3 Å². The van der Waals surface area contributed by atoms with E-state index in [1.54, 1.807) is 22.2 Å². The molecule has 0 spiro atoms. The Balaban J connectivity index is 1.62. The molecule has 132 valence electrons. The number of morpholine rings is 1. The molecule has 7 nitrogen and oxygen atoms in total. The van der Waals surface area contributed by atoms with Gasteiger partial charge < -0.3 is 9.64 Å². The van der Waals surface area contributed by atoms with E-state index in [0.29, 0.717) is 12.4 Å². The number of hydrogen-bond donors (Lipinski definition) is 0. The van der Waals surface area contributed by atoms with Crippen LogP contribution in [0.3, 0.4) is 0 Å². The number of anilines is 1. The summed E-state index contributed by atoms with van der Waals surface area (Å²) in [7, 11) is 0. The van der Waals surface area contributed by atoms with Gasteiger partial charge in [0.1, 0.15) is 23.3 Å². The fourth-order valence-corrected chi connectivity index (χ4v) is 4.01. The van der Waals surface area contributed by atoms with Crippen LogP contribution < -0.4 is 4.90 Å². The zero-order chi connectivity index (χ0) is 17.6. The van der Waals surface area contributed by atoms with Crippen LogP contribution in [0.5, 0.6) is 0 Å². The molecule has 1 saturated heterocycles. The van der Waals surface area contributed by atoms with Gasteiger partial charge in [0.25, 0.3) is 5.78 Å². The molecule has 1 aliphatic rings. The summed E-state index contributed by atoms with van der Waals surface area (Å²) < 4.78 is 7.80. The van der Waals surface area contributed by atoms with Gasteiger partial charge in [-0.2, -0.15) is 14.6 Å². The summed E-state index contributed by atoms with van der Waals surface area (Å²) in [6, 6.07) is 2.05. The molecule has 3 aromatic rings. The van der Waals surface area contributed by atoms with Crippen molar-refractivity contribution in [3.8, 4) is 0 Å². The summed E-state index contributed by atoms with van der Waals surface area (Å²) >= 11 is 1.68. The number of thiazole rings is 1. The van der Waals surface area contributed by atoms with Crippen LogP contribution in [0.25, 0.3) is 5.78 Å². The molecule has 1 fully saturated rings. The zero-order valence-electron chi connectivity index (χ0n) is 14.9. The molecule has 0 aromatic carbocycles. The van der Waals surface area contributed by atoms with E-state index in [-0.39, 0.29) is 11.5 Å². The van der Waals surface area contributed by atoms with Crippen LogP contribution in [-0.2, 0) is 10.2 Å². The fourth-order valence-electron chi connectivity index (χ4n) is 2.92. The van der Waals surface area contributed by atoms with E-state index < -0.39 is 0 Å². The van der Waals surface area contributed by atoms with E-state index in [1.165, 1.54) is 0 Å². The molecule has 0 N–H and O–H groups in total. The lowest BCUT2D eigenvalue weighted by Gasteiger charge is -2.33. The van der Waals surface area contributed by atoms with Crippen LogP contribution in [-0.4, -0.2) is 44.3 Å². The summed E-state index contributed by atoms with van der Waals surface area (Å²) in [5.41, 5.74) is 2.10. The third kappa shape index (κ3) is 3.11. The quantitative estimate of drug-likeness (QED) is 0.702. The van der Waals surface area contributed by atoms with Gasteiger partial charge in [-0.05, 0) is 6.92 Å². The number of nitrogens with zero attached hydrogens (tertiary/aromatic N) is 6. The Morgan fingerprint density at radius 1 is 1.28 bits per heavy atom. The van der Waals surface area contributed by atoms with Crippen molar-refractivity contribution >= 4 is 22.9 Å². The smallest absolute Gasteiger partial charge is 0.254 e. The van der Waals surface area contributed by atoms with E-state index >= 15 is 0 Å². The summed E-state index contributed by atoms with van der Waals surface area (Å²) in [4.78, 5) is 15.7. The lowest BCUT2D eigenvalue weighted by atomic mass is 9.93. The van der Waals surface area contributed by atoms with Gasteiger partial charge in [-0.25, -0.2) is 9.97 Å². The second-order valence-electron chi connectivity index (χ2n) is 7.35. The first-order valence-electron chi connectivity index (χ1n) is 8.41. The third-order valence-corrected chi connectivity index (χ3v) is 5.25. The van der Waals surface area contributed by atoms with Crippen LogP contribution in [0, 0.1) is 6.92 Å². The highest BCUT2D eigenvalue weighted by Gasteiger charge is 2.28. The number of rotatable bonds is 2. The maximum atomic E-state index is 6.01. The number of ether oxygens (including phenoxy) is 1. The SMILES string of the molecule is Cc1cc(N2CCOC(c3nc(C(C)(C)C)cs3)C2)n2ncnc2n1. The highest BCUT2D eigenvalue weighted by molar-refractivity contribution is 7.09. The minimum atomic E-state index is -0.0260. The van der Waals surface area contributed by atoms with Crippen molar-refractivity contribution in [2.45, 2.75) is 39.2 Å². The van der Waals surface area contributed by atoms with Gasteiger partial charge >= 0.3 is 0 Å². The average molecular weight is 358 g/mol. The Bertz CT molecular complexity index is 896. The van der Waals surface area contributed by atoms with Gasteiger partial charge in [0.2, 0.25) is 0 Å². The molecule has 0 aliphatic carbocycles. The number of aryl methyl sites for hydroxylation is 1. The second kappa shape index (κ2) is 6.03. The first-order chi connectivity index (χ1) is 11.9. The van der Waals surface area contributed by atoms with Crippen molar-refractivity contribution in [2.75, 3.05) is 24.6 Å². The number of aromatic nitrogens is 5. The van der Waals surface area contributed by atoms with E-state index in [9.17, 15) is 0 Å². The molecule has 0 saturated carbocycles. The maximum absolute atomic E-state index is 6.01. The van der Waals surface area contributed by atoms with Gasteiger partial charge in [-0.1, -0.05) is 20.8 Å². The monoisotopic (exact) mass is 358 g/mol. The van der Waals surface area contributed by atoms with Gasteiger partial charge in [0.15, 0.2) is 0 Å². The Labute approximate surface area is 150 Å². The molecule has 25 heavy (non-hydrogen) atoms. The minimum absolute atomic E-state index is 0.0260. The normalized spacial score (nSPS) is 18.9. The molecule has 1 aliphatic heterocycles. The zero-order valence-corrected chi connectivity index (χ0v) is 15.7. The van der Waals surface area contributed by atoms with Crippen LogP contribution in [0.15, 0.2) is 17.8 Å². The average Bonchev–Trinajstić information content (AvgIpc) is 3.23. The highest BCUT2D eigenvalue weighted by atomic mass is 32.1. The Morgan fingerprint density at radius 3 is 2.88 bits per heavy atom. The molecular formula is C17H22N6OS. The highest BCUT2D eigenvalue weighted by Crippen LogP contribution is 2.31. The molecule has 0 amide bonds. The lowest BCUT2D eigenvalue weighted by molar-refractivity contribution is 0.0390. The molecule has 1 atom stereocenters. The van der Waals surface area contributed by atoms with Crippen molar-refractivity contribution < 1.29 is 4.74 Å². The second-order valence-corrected chi connectivity index (χ2v) is 8.24. The van der Waals surface area contributed by atoms with Crippen LogP contribution in [0.2, 0.25) is 0 Å². The third-order valence-electron chi connectivity index (χ3n) is 4.32. The van der Waals surface area contributed by atoms with Gasteiger partial charge in [-0.15, -0.1) is 11.3 Å². The number of hydrogen-bond acceptors (Lipinski definition) is 7. The molecule has 4 rings (SSSR count). The van der Waals surface area contributed by atoms with Crippen LogP contribution in [0.4, 0.5) is 5.82 Å².